The van der Waals surface area contributed by atoms with Gasteiger partial charge in [0, 0.05) is 16.9 Å². The van der Waals surface area contributed by atoms with E-state index in [0.29, 0.717) is 11.2 Å². The number of amides is 1. The van der Waals surface area contributed by atoms with Crippen molar-refractivity contribution in [1.29, 1.82) is 0 Å². The van der Waals surface area contributed by atoms with Gasteiger partial charge in [0.2, 0.25) is 5.91 Å². The van der Waals surface area contributed by atoms with Crippen LogP contribution in [0.2, 0.25) is 0 Å². The molecule has 116 valence electrons. The van der Waals surface area contributed by atoms with Crippen LogP contribution in [0.1, 0.15) is 38.2 Å². The average Bonchev–Trinajstić information content (AvgIpc) is 2.45. The van der Waals surface area contributed by atoms with Crippen LogP contribution in [0.5, 0.6) is 0 Å². The van der Waals surface area contributed by atoms with Crippen molar-refractivity contribution in [2.45, 2.75) is 44.6 Å². The fourth-order valence-electron chi connectivity index (χ4n) is 2.78. The predicted molar refractivity (Wildman–Crippen MR) is 82.4 cm³/mol. The Morgan fingerprint density at radius 3 is 2.62 bits per heavy atom. The molecule has 2 rings (SSSR count). The molecule has 2 nitrogen and oxygen atoms in total. The lowest BCUT2D eigenvalue weighted by atomic mass is 9.78. The van der Waals surface area contributed by atoms with Gasteiger partial charge in [-0.15, -0.1) is 0 Å². The lowest BCUT2D eigenvalue weighted by Gasteiger charge is -2.39. The smallest absolute Gasteiger partial charge is 0.224 e. The van der Waals surface area contributed by atoms with Gasteiger partial charge in [-0.1, -0.05) is 28.9 Å². The van der Waals surface area contributed by atoms with Gasteiger partial charge in [0.1, 0.15) is 11.6 Å². The summed E-state index contributed by atoms with van der Waals surface area (Å²) in [6, 6.07) is 3.31. The highest BCUT2D eigenvalue weighted by molar-refractivity contribution is 9.09. The molecule has 0 aliphatic heterocycles. The zero-order valence-electron chi connectivity index (χ0n) is 12.1. The summed E-state index contributed by atoms with van der Waals surface area (Å²) < 4.78 is 26.5. The summed E-state index contributed by atoms with van der Waals surface area (Å²) >= 11 is 3.49. The van der Waals surface area contributed by atoms with Crippen LogP contribution in [-0.4, -0.2) is 16.8 Å². The first-order valence-electron chi connectivity index (χ1n) is 7.25. The molecule has 0 aromatic heterocycles. The SMILES string of the molecule is CC1CCC(CBr)(NC(=O)Cc2ccc(F)cc2F)CC1. The van der Waals surface area contributed by atoms with E-state index in [1.807, 2.05) is 0 Å². The van der Waals surface area contributed by atoms with Crippen LogP contribution in [0.15, 0.2) is 18.2 Å². The van der Waals surface area contributed by atoms with Crippen molar-refractivity contribution >= 4 is 21.8 Å². The molecule has 1 amide bonds. The van der Waals surface area contributed by atoms with Gasteiger partial charge in [-0.25, -0.2) is 8.78 Å². The Morgan fingerprint density at radius 1 is 1.38 bits per heavy atom. The topological polar surface area (TPSA) is 29.1 Å². The minimum absolute atomic E-state index is 0.0591. The van der Waals surface area contributed by atoms with Crippen molar-refractivity contribution in [3.05, 3.63) is 35.4 Å². The Bertz CT molecular complexity index is 513. The second kappa shape index (κ2) is 6.86. The van der Waals surface area contributed by atoms with Crippen molar-refractivity contribution in [2.24, 2.45) is 5.92 Å². The maximum absolute atomic E-state index is 13.6. The Balaban J connectivity index is 2.00. The van der Waals surface area contributed by atoms with E-state index in [-0.39, 0.29) is 23.4 Å². The van der Waals surface area contributed by atoms with Crippen LogP contribution in [0, 0.1) is 17.6 Å². The highest BCUT2D eigenvalue weighted by Crippen LogP contribution is 2.33. The first-order valence-corrected chi connectivity index (χ1v) is 8.37. The van der Waals surface area contributed by atoms with Crippen molar-refractivity contribution in [3.8, 4) is 0 Å². The molecule has 21 heavy (non-hydrogen) atoms. The number of halogens is 3. The van der Waals surface area contributed by atoms with Gasteiger partial charge >= 0.3 is 0 Å². The summed E-state index contributed by atoms with van der Waals surface area (Å²) in [6.45, 7) is 2.22. The van der Waals surface area contributed by atoms with E-state index in [2.05, 4.69) is 28.2 Å². The summed E-state index contributed by atoms with van der Waals surface area (Å²) in [4.78, 5) is 12.2. The summed E-state index contributed by atoms with van der Waals surface area (Å²) in [5, 5.41) is 3.75. The molecule has 0 saturated heterocycles. The van der Waals surface area contributed by atoms with Crippen molar-refractivity contribution in [3.63, 3.8) is 0 Å². The normalized spacial score (nSPS) is 25.6. The third-order valence-electron chi connectivity index (χ3n) is 4.26. The first kappa shape index (κ1) is 16.4. The van der Waals surface area contributed by atoms with Gasteiger partial charge in [0.15, 0.2) is 0 Å². The Morgan fingerprint density at radius 2 is 2.05 bits per heavy atom. The Labute approximate surface area is 132 Å². The van der Waals surface area contributed by atoms with Crippen LogP contribution < -0.4 is 5.32 Å². The number of rotatable bonds is 4. The molecule has 1 saturated carbocycles. The highest BCUT2D eigenvalue weighted by atomic mass is 79.9. The molecule has 1 aliphatic carbocycles. The summed E-state index contributed by atoms with van der Waals surface area (Å²) in [6.07, 6.45) is 3.96. The number of benzene rings is 1. The minimum Gasteiger partial charge on any atom is -0.350 e. The van der Waals surface area contributed by atoms with Crippen LogP contribution in [0.4, 0.5) is 8.78 Å². The molecule has 0 spiro atoms. The van der Waals surface area contributed by atoms with Gasteiger partial charge in [-0.05, 0) is 43.2 Å². The third kappa shape index (κ3) is 4.25. The van der Waals surface area contributed by atoms with Crippen molar-refractivity contribution in [2.75, 3.05) is 5.33 Å². The molecule has 0 bridgehead atoms. The van der Waals surface area contributed by atoms with Crippen LogP contribution >= 0.6 is 15.9 Å². The van der Waals surface area contributed by atoms with E-state index in [1.54, 1.807) is 0 Å². The molecular weight excluding hydrogens is 340 g/mol. The summed E-state index contributed by atoms with van der Waals surface area (Å²) in [7, 11) is 0. The van der Waals surface area contributed by atoms with Gasteiger partial charge < -0.3 is 5.32 Å². The highest BCUT2D eigenvalue weighted by Gasteiger charge is 2.34. The van der Waals surface area contributed by atoms with Gasteiger partial charge in [-0.3, -0.25) is 4.79 Å². The molecule has 0 atom stereocenters. The zero-order chi connectivity index (χ0) is 15.5. The lowest BCUT2D eigenvalue weighted by Crippen LogP contribution is -2.52. The van der Waals surface area contributed by atoms with Gasteiger partial charge in [-0.2, -0.15) is 0 Å². The maximum atomic E-state index is 13.6. The second-order valence-electron chi connectivity index (χ2n) is 6.06. The van der Waals surface area contributed by atoms with Crippen molar-refractivity contribution in [1.82, 2.24) is 5.32 Å². The van der Waals surface area contributed by atoms with Crippen LogP contribution in [0.25, 0.3) is 0 Å². The second-order valence-corrected chi connectivity index (χ2v) is 6.62. The number of carbonyl (C=O) groups is 1. The quantitative estimate of drug-likeness (QED) is 0.809. The number of nitrogens with one attached hydrogen (secondary N) is 1. The first-order chi connectivity index (χ1) is 9.94. The van der Waals surface area contributed by atoms with E-state index >= 15 is 0 Å². The number of hydrogen-bond acceptors (Lipinski definition) is 1. The van der Waals surface area contributed by atoms with Gasteiger partial charge in [0.05, 0.1) is 6.42 Å². The van der Waals surface area contributed by atoms with E-state index in [4.69, 9.17) is 0 Å². The fourth-order valence-corrected chi connectivity index (χ4v) is 3.49. The monoisotopic (exact) mass is 359 g/mol. The molecular formula is C16H20BrF2NO. The molecule has 1 aromatic rings. The largest absolute Gasteiger partial charge is 0.350 e. The van der Waals surface area contributed by atoms with E-state index < -0.39 is 11.6 Å². The number of alkyl halides is 1. The molecule has 1 fully saturated rings. The van der Waals surface area contributed by atoms with E-state index in [1.165, 1.54) is 12.1 Å². The standard InChI is InChI=1S/C16H20BrF2NO/c1-11-4-6-16(10-17,7-5-11)20-15(21)8-12-2-3-13(18)9-14(12)19/h2-3,9,11H,4-8,10H2,1H3,(H,20,21). The Kier molecular flexibility index (Phi) is 5.36. The molecule has 0 unspecified atom stereocenters. The zero-order valence-corrected chi connectivity index (χ0v) is 13.7. The average molecular weight is 360 g/mol. The van der Waals surface area contributed by atoms with Gasteiger partial charge in [0.25, 0.3) is 0 Å². The van der Waals surface area contributed by atoms with Crippen LogP contribution in [-0.2, 0) is 11.2 Å². The van der Waals surface area contributed by atoms with Crippen molar-refractivity contribution < 1.29 is 13.6 Å². The van der Waals surface area contributed by atoms with E-state index in [0.717, 1.165) is 31.7 Å². The Hall–Kier alpha value is -0.970. The predicted octanol–water partition coefficient (Wildman–Crippen LogP) is 3.97. The fraction of sp³-hybridized carbons (Fsp3) is 0.562. The van der Waals surface area contributed by atoms with E-state index in [9.17, 15) is 13.6 Å². The molecule has 1 N–H and O–H groups in total. The third-order valence-corrected chi connectivity index (χ3v) is 5.33. The molecule has 0 radical (unpaired) electrons. The summed E-state index contributed by atoms with van der Waals surface area (Å²) in [5.74, 6) is -0.830. The lowest BCUT2D eigenvalue weighted by molar-refractivity contribution is -0.122. The maximum Gasteiger partial charge on any atom is 0.224 e. The molecule has 5 heteroatoms. The molecule has 0 heterocycles. The molecule has 1 aromatic carbocycles. The number of carbonyl (C=O) groups excluding carboxylic acids is 1. The van der Waals surface area contributed by atoms with Crippen LogP contribution in [0.3, 0.4) is 0 Å². The molecule has 1 aliphatic rings. The minimum atomic E-state index is -0.671. The number of hydrogen-bond donors (Lipinski definition) is 1. The summed E-state index contributed by atoms with van der Waals surface area (Å²) in [5.41, 5.74) is -0.0112.